The van der Waals surface area contributed by atoms with E-state index in [1.165, 1.54) is 27.5 Å². The van der Waals surface area contributed by atoms with E-state index in [1.54, 1.807) is 31.2 Å². The first-order chi connectivity index (χ1) is 13.0. The molecule has 1 N–H and O–H groups in total. The quantitative estimate of drug-likeness (QED) is 0.506. The summed E-state index contributed by atoms with van der Waals surface area (Å²) in [6.45, 7) is 1.64. The number of hydrazone groups is 1. The van der Waals surface area contributed by atoms with Gasteiger partial charge in [-0.2, -0.15) is 5.10 Å². The van der Waals surface area contributed by atoms with Gasteiger partial charge in [0.1, 0.15) is 11.5 Å². The van der Waals surface area contributed by atoms with Crippen molar-refractivity contribution < 1.29 is 23.7 Å². The van der Waals surface area contributed by atoms with E-state index in [4.69, 9.17) is 18.9 Å². The number of methoxy groups -OCH3 is 3. The van der Waals surface area contributed by atoms with Crippen LogP contribution in [-0.4, -0.2) is 39.6 Å². The second-order valence-electron chi connectivity index (χ2n) is 5.40. The van der Waals surface area contributed by atoms with Gasteiger partial charge in [-0.25, -0.2) is 5.43 Å². The minimum absolute atomic E-state index is 0.381. The Hall–Kier alpha value is -2.74. The number of halogens is 1. The van der Waals surface area contributed by atoms with Crippen molar-refractivity contribution in [1.82, 2.24) is 5.43 Å². The van der Waals surface area contributed by atoms with Crippen LogP contribution in [0, 0.1) is 0 Å². The number of hydrogen-bond donors (Lipinski definition) is 1. The molecule has 1 unspecified atom stereocenters. The van der Waals surface area contributed by atoms with Crippen molar-refractivity contribution in [2.75, 3.05) is 21.3 Å². The Morgan fingerprint density at radius 3 is 2.22 bits per heavy atom. The van der Waals surface area contributed by atoms with Crippen molar-refractivity contribution in [3.8, 4) is 23.0 Å². The third-order valence-corrected chi connectivity index (χ3v) is 4.14. The summed E-state index contributed by atoms with van der Waals surface area (Å²) in [5.74, 6) is 1.80. The molecule has 2 aromatic carbocycles. The van der Waals surface area contributed by atoms with E-state index in [-0.39, 0.29) is 5.91 Å². The molecule has 0 saturated carbocycles. The molecule has 1 atom stereocenters. The highest BCUT2D eigenvalue weighted by atomic mass is 79.9. The lowest BCUT2D eigenvalue weighted by molar-refractivity contribution is -0.127. The van der Waals surface area contributed by atoms with Crippen LogP contribution in [0.3, 0.4) is 0 Å². The first kappa shape index (κ1) is 20.6. The Labute approximate surface area is 166 Å². The smallest absolute Gasteiger partial charge is 0.280 e. The summed E-state index contributed by atoms with van der Waals surface area (Å²) in [5.41, 5.74) is 3.07. The number of rotatable bonds is 8. The zero-order valence-electron chi connectivity index (χ0n) is 15.5. The number of nitrogens with one attached hydrogen (secondary N) is 1. The monoisotopic (exact) mass is 436 g/mol. The molecule has 0 aliphatic heterocycles. The Balaban J connectivity index is 2.03. The second kappa shape index (κ2) is 9.82. The van der Waals surface area contributed by atoms with E-state index >= 15 is 0 Å². The molecule has 1 amide bonds. The average molecular weight is 437 g/mol. The molecule has 8 heteroatoms. The van der Waals surface area contributed by atoms with E-state index < -0.39 is 6.10 Å². The van der Waals surface area contributed by atoms with Gasteiger partial charge in [0.2, 0.25) is 0 Å². The SMILES string of the molecule is COc1cc(OC)c(OC)cc1/C=N/NC(=O)C(C)Oc1ccc(Br)cc1. The Kier molecular flexibility index (Phi) is 7.48. The minimum atomic E-state index is -0.712. The van der Waals surface area contributed by atoms with Gasteiger partial charge < -0.3 is 18.9 Å². The van der Waals surface area contributed by atoms with E-state index in [0.717, 1.165) is 4.47 Å². The number of carbonyl (C=O) groups is 1. The van der Waals surface area contributed by atoms with Gasteiger partial charge in [-0.15, -0.1) is 0 Å². The number of benzene rings is 2. The molecule has 144 valence electrons. The van der Waals surface area contributed by atoms with Crippen LogP contribution in [0.5, 0.6) is 23.0 Å². The molecule has 0 aromatic heterocycles. The van der Waals surface area contributed by atoms with Crippen molar-refractivity contribution in [3.05, 3.63) is 46.4 Å². The largest absolute Gasteiger partial charge is 0.496 e. The van der Waals surface area contributed by atoms with Crippen molar-refractivity contribution in [1.29, 1.82) is 0 Å². The molecule has 2 rings (SSSR count). The predicted octanol–water partition coefficient (Wildman–Crippen LogP) is 3.39. The van der Waals surface area contributed by atoms with Gasteiger partial charge in [-0.1, -0.05) is 15.9 Å². The highest BCUT2D eigenvalue weighted by Crippen LogP contribution is 2.33. The molecular weight excluding hydrogens is 416 g/mol. The maximum absolute atomic E-state index is 12.1. The van der Waals surface area contributed by atoms with Gasteiger partial charge in [0.25, 0.3) is 5.91 Å². The third-order valence-electron chi connectivity index (χ3n) is 3.61. The molecule has 2 aromatic rings. The van der Waals surface area contributed by atoms with Crippen LogP contribution in [-0.2, 0) is 4.79 Å². The van der Waals surface area contributed by atoms with E-state index in [9.17, 15) is 4.79 Å². The maximum atomic E-state index is 12.1. The van der Waals surface area contributed by atoms with E-state index in [0.29, 0.717) is 28.6 Å². The molecule has 27 heavy (non-hydrogen) atoms. The van der Waals surface area contributed by atoms with E-state index in [1.807, 2.05) is 12.1 Å². The fraction of sp³-hybridized carbons (Fsp3) is 0.263. The molecule has 0 heterocycles. The van der Waals surface area contributed by atoms with Crippen LogP contribution in [0.2, 0.25) is 0 Å². The van der Waals surface area contributed by atoms with Gasteiger partial charge in [0, 0.05) is 16.1 Å². The molecule has 0 aliphatic rings. The molecule has 0 saturated heterocycles. The van der Waals surface area contributed by atoms with Crippen LogP contribution in [0.25, 0.3) is 0 Å². The fourth-order valence-corrected chi connectivity index (χ4v) is 2.45. The highest BCUT2D eigenvalue weighted by Gasteiger charge is 2.14. The predicted molar refractivity (Wildman–Crippen MR) is 106 cm³/mol. The van der Waals surface area contributed by atoms with Gasteiger partial charge in [-0.05, 0) is 37.3 Å². The van der Waals surface area contributed by atoms with E-state index in [2.05, 4.69) is 26.5 Å². The second-order valence-corrected chi connectivity index (χ2v) is 6.31. The number of nitrogens with zero attached hydrogens (tertiary/aromatic N) is 1. The minimum Gasteiger partial charge on any atom is -0.496 e. The maximum Gasteiger partial charge on any atom is 0.280 e. The average Bonchev–Trinajstić information content (AvgIpc) is 2.68. The summed E-state index contributed by atoms with van der Waals surface area (Å²) < 4.78 is 22.3. The van der Waals surface area contributed by atoms with Crippen LogP contribution in [0.1, 0.15) is 12.5 Å². The molecule has 7 nitrogen and oxygen atoms in total. The Morgan fingerprint density at radius 2 is 1.63 bits per heavy atom. The van der Waals surface area contributed by atoms with Crippen LogP contribution in [0.15, 0.2) is 46.0 Å². The molecule has 0 spiro atoms. The van der Waals surface area contributed by atoms with Crippen LogP contribution >= 0.6 is 15.9 Å². The van der Waals surface area contributed by atoms with Crippen molar-refractivity contribution in [3.63, 3.8) is 0 Å². The summed E-state index contributed by atoms with van der Waals surface area (Å²) in [6.07, 6.45) is 0.751. The van der Waals surface area contributed by atoms with Crippen LogP contribution in [0.4, 0.5) is 0 Å². The summed E-state index contributed by atoms with van der Waals surface area (Å²) in [7, 11) is 4.61. The number of carbonyl (C=O) groups excluding carboxylic acids is 1. The number of amides is 1. The number of hydrogen-bond acceptors (Lipinski definition) is 6. The van der Waals surface area contributed by atoms with Crippen molar-refractivity contribution >= 4 is 28.1 Å². The first-order valence-electron chi connectivity index (χ1n) is 8.03. The molecule has 0 bridgehead atoms. The Morgan fingerprint density at radius 1 is 1.04 bits per heavy atom. The molecule has 0 radical (unpaired) electrons. The summed E-state index contributed by atoms with van der Waals surface area (Å²) >= 11 is 3.35. The molecule has 0 fully saturated rings. The van der Waals surface area contributed by atoms with Gasteiger partial charge in [0.05, 0.1) is 27.5 Å². The lowest BCUT2D eigenvalue weighted by Gasteiger charge is -2.13. The zero-order valence-corrected chi connectivity index (χ0v) is 17.1. The zero-order chi connectivity index (χ0) is 19.8. The fourth-order valence-electron chi connectivity index (χ4n) is 2.18. The number of ether oxygens (including phenoxy) is 4. The van der Waals surface area contributed by atoms with Gasteiger partial charge >= 0.3 is 0 Å². The lowest BCUT2D eigenvalue weighted by Crippen LogP contribution is -2.33. The third kappa shape index (κ3) is 5.62. The molecular formula is C19H21BrN2O5. The van der Waals surface area contributed by atoms with Gasteiger partial charge in [0.15, 0.2) is 17.6 Å². The van der Waals surface area contributed by atoms with Crippen LogP contribution < -0.4 is 24.4 Å². The summed E-state index contributed by atoms with van der Waals surface area (Å²) in [5, 5.41) is 3.97. The topological polar surface area (TPSA) is 78.4 Å². The summed E-state index contributed by atoms with van der Waals surface area (Å²) in [4.78, 5) is 12.1. The van der Waals surface area contributed by atoms with Crippen molar-refractivity contribution in [2.24, 2.45) is 5.10 Å². The normalized spacial score (nSPS) is 11.7. The first-order valence-corrected chi connectivity index (χ1v) is 8.83. The standard InChI is InChI=1S/C19H21BrN2O5/c1-12(27-15-7-5-14(20)6-8-15)19(23)22-21-11-13-9-17(25-3)18(26-4)10-16(13)24-2/h5-12H,1-4H3,(H,22,23)/b21-11+. The Bertz CT molecular complexity index is 808. The lowest BCUT2D eigenvalue weighted by atomic mass is 10.2. The van der Waals surface area contributed by atoms with Gasteiger partial charge in [-0.3, -0.25) is 4.79 Å². The highest BCUT2D eigenvalue weighted by molar-refractivity contribution is 9.10. The summed E-state index contributed by atoms with van der Waals surface area (Å²) in [6, 6.07) is 10.6. The van der Waals surface area contributed by atoms with Crippen molar-refractivity contribution in [2.45, 2.75) is 13.0 Å². The molecule has 0 aliphatic carbocycles.